The number of carbonyl (C=O) groups excluding carboxylic acids is 1. The molecule has 0 saturated carbocycles. The number of hydrogen-bond donors (Lipinski definition) is 2. The molecule has 4 rings (SSSR count). The Morgan fingerprint density at radius 2 is 1.86 bits per heavy atom. The summed E-state index contributed by atoms with van der Waals surface area (Å²) in [6.45, 7) is 0. The number of aryl methyl sites for hydroxylation is 2. The van der Waals surface area contributed by atoms with E-state index in [0.29, 0.717) is 28.6 Å². The number of benzene rings is 2. The number of ether oxygens (including phenoxy) is 2. The Morgan fingerprint density at radius 3 is 2.66 bits per heavy atom. The first-order chi connectivity index (χ1) is 14.1. The lowest BCUT2D eigenvalue weighted by atomic mass is 10.0. The fourth-order valence-electron chi connectivity index (χ4n) is 3.67. The van der Waals surface area contributed by atoms with Gasteiger partial charge in [-0.3, -0.25) is 4.79 Å². The van der Waals surface area contributed by atoms with Crippen molar-refractivity contribution in [2.45, 2.75) is 25.4 Å². The van der Waals surface area contributed by atoms with Crippen molar-refractivity contribution < 1.29 is 19.4 Å². The number of anilines is 1. The van der Waals surface area contributed by atoms with Crippen LogP contribution in [0.5, 0.6) is 11.5 Å². The van der Waals surface area contributed by atoms with Gasteiger partial charge in [-0.25, -0.2) is 4.68 Å². The van der Waals surface area contributed by atoms with Crippen molar-refractivity contribution in [2.24, 2.45) is 0 Å². The van der Waals surface area contributed by atoms with E-state index in [2.05, 4.69) is 10.4 Å². The number of aliphatic hydroxyl groups excluding tert-OH is 1. The molecule has 0 radical (unpaired) electrons. The summed E-state index contributed by atoms with van der Waals surface area (Å²) >= 11 is 0. The molecule has 0 spiro atoms. The molecule has 0 bridgehead atoms. The number of aromatic nitrogens is 2. The lowest BCUT2D eigenvalue weighted by Gasteiger charge is -2.15. The molecule has 2 aromatic carbocycles. The van der Waals surface area contributed by atoms with Crippen LogP contribution in [0.1, 0.15) is 29.2 Å². The topological polar surface area (TPSA) is 85.6 Å². The van der Waals surface area contributed by atoms with Crippen molar-refractivity contribution in [1.82, 2.24) is 9.78 Å². The van der Waals surface area contributed by atoms with Gasteiger partial charge in [-0.05, 0) is 48.1 Å². The smallest absolute Gasteiger partial charge is 0.258 e. The van der Waals surface area contributed by atoms with Crippen LogP contribution in [-0.2, 0) is 17.6 Å². The summed E-state index contributed by atoms with van der Waals surface area (Å²) in [6.07, 6.45) is 3.49. The molecule has 29 heavy (non-hydrogen) atoms. The maximum Gasteiger partial charge on any atom is 0.258 e. The summed E-state index contributed by atoms with van der Waals surface area (Å²) in [7, 11) is 3.12. The van der Waals surface area contributed by atoms with Gasteiger partial charge in [-0.2, -0.15) is 5.10 Å². The van der Waals surface area contributed by atoms with Gasteiger partial charge in [-0.1, -0.05) is 18.2 Å². The highest BCUT2D eigenvalue weighted by Gasteiger charge is 2.21. The number of fused-ring (bicyclic) bond motifs is 1. The normalized spacial score (nSPS) is 13.6. The Morgan fingerprint density at radius 1 is 1.07 bits per heavy atom. The SMILES string of the molecule is COc1ccc(-n2nccc2NC(=O)C(O)c2ccc3c(c2)CCC3)cc1OC. The third-order valence-corrected chi connectivity index (χ3v) is 5.19. The first kappa shape index (κ1) is 19.0. The Labute approximate surface area is 168 Å². The highest BCUT2D eigenvalue weighted by molar-refractivity contribution is 5.94. The molecule has 1 aromatic heterocycles. The molecule has 0 fully saturated rings. The summed E-state index contributed by atoms with van der Waals surface area (Å²) in [5.41, 5.74) is 3.80. The van der Waals surface area contributed by atoms with Crippen LogP contribution in [0.4, 0.5) is 5.82 Å². The van der Waals surface area contributed by atoms with Gasteiger partial charge >= 0.3 is 0 Å². The van der Waals surface area contributed by atoms with E-state index in [0.717, 1.165) is 19.3 Å². The summed E-state index contributed by atoms with van der Waals surface area (Å²) in [4.78, 5) is 12.7. The standard InChI is InChI=1S/C22H23N3O4/c1-28-18-9-8-17(13-19(18)29-2)25-20(10-11-23-25)24-22(27)21(26)16-7-6-14-4-3-5-15(14)12-16/h6-13,21,26H,3-5H2,1-2H3,(H,24,27). The Balaban J connectivity index is 1.55. The molecule has 1 amide bonds. The minimum absolute atomic E-state index is 0.447. The van der Waals surface area contributed by atoms with Gasteiger partial charge in [0.2, 0.25) is 0 Å². The van der Waals surface area contributed by atoms with Gasteiger partial charge in [0.1, 0.15) is 5.82 Å². The Bertz CT molecular complexity index is 1040. The fourth-order valence-corrected chi connectivity index (χ4v) is 3.67. The molecule has 1 heterocycles. The Hall–Kier alpha value is -3.32. The predicted octanol–water partition coefficient (Wildman–Crippen LogP) is 3.05. The zero-order chi connectivity index (χ0) is 20.4. The second kappa shape index (κ2) is 7.97. The number of nitrogens with zero attached hydrogens (tertiary/aromatic N) is 2. The van der Waals surface area contributed by atoms with Gasteiger partial charge in [0.15, 0.2) is 17.6 Å². The zero-order valence-electron chi connectivity index (χ0n) is 16.4. The number of hydrogen-bond acceptors (Lipinski definition) is 5. The second-order valence-electron chi connectivity index (χ2n) is 6.94. The van der Waals surface area contributed by atoms with Crippen LogP contribution in [0.2, 0.25) is 0 Å². The third kappa shape index (κ3) is 3.69. The van der Waals surface area contributed by atoms with Gasteiger partial charge in [0.25, 0.3) is 5.91 Å². The summed E-state index contributed by atoms with van der Waals surface area (Å²) in [5, 5.41) is 17.6. The molecular weight excluding hydrogens is 370 g/mol. The summed E-state index contributed by atoms with van der Waals surface area (Å²) in [6, 6.07) is 12.8. The molecule has 7 nitrogen and oxygen atoms in total. The molecule has 0 aliphatic heterocycles. The van der Waals surface area contributed by atoms with Crippen LogP contribution >= 0.6 is 0 Å². The lowest BCUT2D eigenvalue weighted by Crippen LogP contribution is -2.22. The van der Waals surface area contributed by atoms with E-state index in [1.807, 2.05) is 18.2 Å². The molecular formula is C22H23N3O4. The Kier molecular flexibility index (Phi) is 5.22. The molecule has 7 heteroatoms. The lowest BCUT2D eigenvalue weighted by molar-refractivity contribution is -0.124. The highest BCUT2D eigenvalue weighted by atomic mass is 16.5. The van der Waals surface area contributed by atoms with E-state index >= 15 is 0 Å². The van der Waals surface area contributed by atoms with Crippen molar-refractivity contribution in [2.75, 3.05) is 19.5 Å². The molecule has 3 aromatic rings. The van der Waals surface area contributed by atoms with E-state index in [9.17, 15) is 9.90 Å². The van der Waals surface area contributed by atoms with E-state index < -0.39 is 12.0 Å². The average Bonchev–Trinajstić information content (AvgIpc) is 3.41. The first-order valence-corrected chi connectivity index (χ1v) is 9.48. The number of carbonyl (C=O) groups is 1. The molecule has 0 saturated heterocycles. The van der Waals surface area contributed by atoms with Crippen LogP contribution in [0.3, 0.4) is 0 Å². The number of rotatable bonds is 6. The van der Waals surface area contributed by atoms with Crippen molar-refractivity contribution >= 4 is 11.7 Å². The third-order valence-electron chi connectivity index (χ3n) is 5.19. The van der Waals surface area contributed by atoms with Gasteiger partial charge in [0.05, 0.1) is 26.1 Å². The monoisotopic (exact) mass is 393 g/mol. The number of nitrogens with one attached hydrogen (secondary N) is 1. The van der Waals surface area contributed by atoms with E-state index in [-0.39, 0.29) is 0 Å². The summed E-state index contributed by atoms with van der Waals surface area (Å²) < 4.78 is 12.2. The number of methoxy groups -OCH3 is 2. The van der Waals surface area contributed by atoms with E-state index in [1.54, 1.807) is 49.4 Å². The van der Waals surface area contributed by atoms with Crippen LogP contribution in [-0.4, -0.2) is 35.0 Å². The fraction of sp³-hybridized carbons (Fsp3) is 0.273. The zero-order valence-corrected chi connectivity index (χ0v) is 16.4. The largest absolute Gasteiger partial charge is 0.493 e. The second-order valence-corrected chi connectivity index (χ2v) is 6.94. The van der Waals surface area contributed by atoms with Crippen LogP contribution in [0.25, 0.3) is 5.69 Å². The molecule has 2 N–H and O–H groups in total. The van der Waals surface area contributed by atoms with Crippen molar-refractivity contribution in [3.8, 4) is 17.2 Å². The molecule has 1 unspecified atom stereocenters. The average molecular weight is 393 g/mol. The maximum atomic E-state index is 12.7. The van der Waals surface area contributed by atoms with Crippen LogP contribution in [0, 0.1) is 0 Å². The van der Waals surface area contributed by atoms with Gasteiger partial charge < -0.3 is 19.9 Å². The molecule has 150 valence electrons. The minimum Gasteiger partial charge on any atom is -0.493 e. The molecule has 1 aliphatic carbocycles. The van der Waals surface area contributed by atoms with Crippen LogP contribution in [0.15, 0.2) is 48.7 Å². The van der Waals surface area contributed by atoms with Gasteiger partial charge in [0, 0.05) is 12.1 Å². The predicted molar refractivity (Wildman–Crippen MR) is 109 cm³/mol. The minimum atomic E-state index is -1.25. The van der Waals surface area contributed by atoms with Crippen LogP contribution < -0.4 is 14.8 Å². The van der Waals surface area contributed by atoms with Gasteiger partial charge in [-0.15, -0.1) is 0 Å². The number of amides is 1. The van der Waals surface area contributed by atoms with E-state index in [1.165, 1.54) is 11.1 Å². The van der Waals surface area contributed by atoms with Crippen molar-refractivity contribution in [3.05, 3.63) is 65.4 Å². The first-order valence-electron chi connectivity index (χ1n) is 9.48. The van der Waals surface area contributed by atoms with Crippen molar-refractivity contribution in [3.63, 3.8) is 0 Å². The molecule has 1 atom stereocenters. The number of aliphatic hydroxyl groups is 1. The van der Waals surface area contributed by atoms with E-state index in [4.69, 9.17) is 9.47 Å². The summed E-state index contributed by atoms with van der Waals surface area (Å²) in [5.74, 6) is 1.09. The molecule has 1 aliphatic rings. The quantitative estimate of drug-likeness (QED) is 0.672. The highest BCUT2D eigenvalue weighted by Crippen LogP contribution is 2.30. The van der Waals surface area contributed by atoms with Crippen molar-refractivity contribution in [1.29, 1.82) is 0 Å². The maximum absolute atomic E-state index is 12.7.